The van der Waals surface area contributed by atoms with Crippen molar-refractivity contribution in [3.8, 4) is 0 Å². The number of rotatable bonds is 1. The van der Waals surface area contributed by atoms with E-state index in [0.29, 0.717) is 6.04 Å². The molecular weight excluding hydrogens is 178 g/mol. The third kappa shape index (κ3) is 1.63. The molecule has 14 heavy (non-hydrogen) atoms. The van der Waals surface area contributed by atoms with Crippen LogP contribution in [0.2, 0.25) is 0 Å². The first-order valence-electron chi connectivity index (χ1n) is 5.40. The molecule has 1 N–H and O–H groups in total. The maximum Gasteiger partial charge on any atom is 0.336 e. The van der Waals surface area contributed by atoms with Crippen molar-refractivity contribution in [1.29, 1.82) is 0 Å². The lowest BCUT2D eigenvalue weighted by atomic mass is 10.1. The van der Waals surface area contributed by atoms with Crippen molar-refractivity contribution in [2.45, 2.75) is 51.7 Å². The van der Waals surface area contributed by atoms with Crippen LogP contribution in [0.15, 0.2) is 11.3 Å². The minimum atomic E-state index is -0.103. The van der Waals surface area contributed by atoms with Gasteiger partial charge in [0.05, 0.1) is 5.57 Å². The minimum Gasteiger partial charge on any atom is -0.459 e. The van der Waals surface area contributed by atoms with E-state index in [9.17, 15) is 4.79 Å². The van der Waals surface area contributed by atoms with Crippen molar-refractivity contribution < 1.29 is 9.53 Å². The van der Waals surface area contributed by atoms with Gasteiger partial charge in [-0.2, -0.15) is 0 Å². The molecule has 2 heterocycles. The Balaban J connectivity index is 2.14. The van der Waals surface area contributed by atoms with E-state index in [2.05, 4.69) is 19.2 Å². The number of hydrogen-bond acceptors (Lipinski definition) is 3. The summed E-state index contributed by atoms with van der Waals surface area (Å²) in [4.78, 5) is 11.5. The van der Waals surface area contributed by atoms with E-state index in [-0.39, 0.29) is 12.1 Å². The zero-order valence-electron chi connectivity index (χ0n) is 8.80. The Morgan fingerprint density at radius 3 is 2.86 bits per heavy atom. The summed E-state index contributed by atoms with van der Waals surface area (Å²) < 4.78 is 5.23. The Hall–Kier alpha value is -0.990. The standard InChI is InChI=1S/C11H17NO2/c1-3-8-6-9(11(13)14-8)10-5-4-7(2)12-10/h7-8,12H,3-6H2,1-2H3/b10-9-. The molecule has 3 nitrogen and oxygen atoms in total. The van der Waals surface area contributed by atoms with E-state index in [0.717, 1.165) is 37.0 Å². The number of ether oxygens (including phenoxy) is 1. The molecule has 2 aliphatic rings. The highest BCUT2D eigenvalue weighted by Crippen LogP contribution is 2.29. The first-order chi connectivity index (χ1) is 6.70. The lowest BCUT2D eigenvalue weighted by Crippen LogP contribution is -2.17. The number of cyclic esters (lactones) is 1. The molecule has 2 rings (SSSR count). The quantitative estimate of drug-likeness (QED) is 0.511. The molecule has 0 aromatic rings. The van der Waals surface area contributed by atoms with Gasteiger partial charge in [0.15, 0.2) is 0 Å². The van der Waals surface area contributed by atoms with Crippen molar-refractivity contribution in [2.24, 2.45) is 0 Å². The van der Waals surface area contributed by atoms with Gasteiger partial charge in [-0.25, -0.2) is 4.79 Å². The fraction of sp³-hybridized carbons (Fsp3) is 0.727. The van der Waals surface area contributed by atoms with Crippen molar-refractivity contribution in [2.75, 3.05) is 0 Å². The Kier molecular flexibility index (Phi) is 2.48. The number of nitrogens with one attached hydrogen (secondary N) is 1. The molecule has 0 bridgehead atoms. The van der Waals surface area contributed by atoms with Crippen LogP contribution in [0.3, 0.4) is 0 Å². The maximum atomic E-state index is 11.5. The Morgan fingerprint density at radius 2 is 2.36 bits per heavy atom. The number of carbonyl (C=O) groups is 1. The number of esters is 1. The average molecular weight is 195 g/mol. The lowest BCUT2D eigenvalue weighted by Gasteiger charge is -2.04. The Morgan fingerprint density at radius 1 is 1.57 bits per heavy atom. The third-order valence-corrected chi connectivity index (χ3v) is 3.02. The fourth-order valence-electron chi connectivity index (χ4n) is 2.09. The van der Waals surface area contributed by atoms with Crippen LogP contribution in [-0.4, -0.2) is 18.1 Å². The molecule has 2 fully saturated rings. The van der Waals surface area contributed by atoms with Crippen molar-refractivity contribution in [3.63, 3.8) is 0 Å². The van der Waals surface area contributed by atoms with E-state index >= 15 is 0 Å². The van der Waals surface area contributed by atoms with Crippen LogP contribution in [0.1, 0.15) is 39.5 Å². The summed E-state index contributed by atoms with van der Waals surface area (Å²) in [5.41, 5.74) is 2.01. The Labute approximate surface area is 84.5 Å². The average Bonchev–Trinajstić information content (AvgIpc) is 2.71. The molecular formula is C11H17NO2. The minimum absolute atomic E-state index is 0.103. The molecule has 0 aliphatic carbocycles. The molecule has 0 radical (unpaired) electrons. The fourth-order valence-corrected chi connectivity index (χ4v) is 2.09. The first kappa shape index (κ1) is 9.56. The van der Waals surface area contributed by atoms with E-state index < -0.39 is 0 Å². The highest BCUT2D eigenvalue weighted by Gasteiger charge is 2.32. The first-order valence-corrected chi connectivity index (χ1v) is 5.40. The second-order valence-electron chi connectivity index (χ2n) is 4.18. The van der Waals surface area contributed by atoms with Gasteiger partial charge < -0.3 is 10.1 Å². The molecule has 78 valence electrons. The van der Waals surface area contributed by atoms with Gasteiger partial charge in [-0.1, -0.05) is 6.92 Å². The van der Waals surface area contributed by atoms with E-state index in [4.69, 9.17) is 4.74 Å². The highest BCUT2D eigenvalue weighted by atomic mass is 16.5. The largest absolute Gasteiger partial charge is 0.459 e. The van der Waals surface area contributed by atoms with Crippen molar-refractivity contribution in [3.05, 3.63) is 11.3 Å². The Bertz CT molecular complexity index is 283. The van der Waals surface area contributed by atoms with Gasteiger partial charge in [0.2, 0.25) is 0 Å². The molecule has 3 heteroatoms. The SMILES string of the molecule is CCC1C/C(=C2\CCC(C)N2)C(=O)O1. The van der Waals surface area contributed by atoms with Crippen LogP contribution in [0.25, 0.3) is 0 Å². The van der Waals surface area contributed by atoms with Gasteiger partial charge in [-0.3, -0.25) is 0 Å². The van der Waals surface area contributed by atoms with Gasteiger partial charge in [0, 0.05) is 18.2 Å². The van der Waals surface area contributed by atoms with Crippen LogP contribution >= 0.6 is 0 Å². The van der Waals surface area contributed by atoms with Crippen LogP contribution in [-0.2, 0) is 9.53 Å². The topological polar surface area (TPSA) is 38.3 Å². The van der Waals surface area contributed by atoms with Crippen molar-refractivity contribution >= 4 is 5.97 Å². The number of allylic oxidation sites excluding steroid dienone is 1. The molecule has 2 aliphatic heterocycles. The number of carbonyl (C=O) groups excluding carboxylic acids is 1. The smallest absolute Gasteiger partial charge is 0.336 e. The van der Waals surface area contributed by atoms with Gasteiger partial charge >= 0.3 is 5.97 Å². The summed E-state index contributed by atoms with van der Waals surface area (Å²) in [7, 11) is 0. The summed E-state index contributed by atoms with van der Waals surface area (Å²) in [6, 6.07) is 0.506. The summed E-state index contributed by atoms with van der Waals surface area (Å²) in [5, 5.41) is 3.35. The summed E-state index contributed by atoms with van der Waals surface area (Å²) in [5.74, 6) is -0.103. The van der Waals surface area contributed by atoms with Crippen LogP contribution in [0.4, 0.5) is 0 Å². The molecule has 2 saturated heterocycles. The van der Waals surface area contributed by atoms with Gasteiger partial charge in [-0.15, -0.1) is 0 Å². The zero-order valence-corrected chi connectivity index (χ0v) is 8.80. The van der Waals surface area contributed by atoms with Crippen LogP contribution in [0, 0.1) is 0 Å². The second-order valence-corrected chi connectivity index (χ2v) is 4.18. The predicted octanol–water partition coefficient (Wildman–Crippen LogP) is 1.74. The van der Waals surface area contributed by atoms with Crippen LogP contribution < -0.4 is 5.32 Å². The van der Waals surface area contributed by atoms with Gasteiger partial charge in [0.1, 0.15) is 6.10 Å². The molecule has 0 amide bonds. The molecule has 0 spiro atoms. The summed E-state index contributed by atoms with van der Waals surface area (Å²) in [6.45, 7) is 4.20. The van der Waals surface area contributed by atoms with Gasteiger partial charge in [-0.05, 0) is 26.2 Å². The summed E-state index contributed by atoms with van der Waals surface area (Å²) in [6.07, 6.45) is 3.95. The highest BCUT2D eigenvalue weighted by molar-refractivity contribution is 5.91. The van der Waals surface area contributed by atoms with Crippen LogP contribution in [0.5, 0.6) is 0 Å². The predicted molar refractivity (Wildman–Crippen MR) is 53.6 cm³/mol. The zero-order chi connectivity index (χ0) is 10.1. The molecule has 0 saturated carbocycles. The molecule has 2 atom stereocenters. The third-order valence-electron chi connectivity index (χ3n) is 3.02. The normalized spacial score (nSPS) is 37.1. The van der Waals surface area contributed by atoms with Crippen molar-refractivity contribution in [1.82, 2.24) is 5.32 Å². The monoisotopic (exact) mass is 195 g/mol. The van der Waals surface area contributed by atoms with E-state index in [1.807, 2.05) is 0 Å². The second kappa shape index (κ2) is 3.64. The van der Waals surface area contributed by atoms with E-state index in [1.54, 1.807) is 0 Å². The molecule has 0 aromatic heterocycles. The number of hydrogen-bond donors (Lipinski definition) is 1. The molecule has 0 aromatic carbocycles. The summed E-state index contributed by atoms with van der Waals surface area (Å²) >= 11 is 0. The van der Waals surface area contributed by atoms with E-state index in [1.165, 1.54) is 0 Å². The maximum absolute atomic E-state index is 11.5. The van der Waals surface area contributed by atoms with Gasteiger partial charge in [0.25, 0.3) is 0 Å². The lowest BCUT2D eigenvalue weighted by molar-refractivity contribution is -0.138. The molecule has 2 unspecified atom stereocenters.